The molecule has 18 heavy (non-hydrogen) atoms. The zero-order chi connectivity index (χ0) is 13.4. The van der Waals surface area contributed by atoms with E-state index in [2.05, 4.69) is 17.2 Å². The molecule has 0 saturated heterocycles. The van der Waals surface area contributed by atoms with Crippen molar-refractivity contribution in [3.05, 3.63) is 42.0 Å². The fraction of sp³-hybridized carbons (Fsp3) is 0.357. The van der Waals surface area contributed by atoms with Gasteiger partial charge in [-0.1, -0.05) is 23.8 Å². The second-order valence-corrected chi connectivity index (χ2v) is 4.02. The highest BCUT2D eigenvalue weighted by molar-refractivity contribution is 5.77. The van der Waals surface area contributed by atoms with Crippen LogP contribution in [0, 0.1) is 6.92 Å². The van der Waals surface area contributed by atoms with E-state index in [1.165, 1.54) is 5.56 Å². The first-order valence-corrected chi connectivity index (χ1v) is 5.92. The van der Waals surface area contributed by atoms with Crippen LogP contribution in [-0.2, 0) is 11.3 Å². The minimum Gasteiger partial charge on any atom is -0.483 e. The Balaban J connectivity index is 2.60. The maximum Gasteiger partial charge on any atom is 0.258 e. The Bertz CT molecular complexity index is 416. The van der Waals surface area contributed by atoms with Crippen molar-refractivity contribution in [3.8, 4) is 5.75 Å². The Kier molecular flexibility index (Phi) is 5.94. The average Bonchev–Trinajstić information content (AvgIpc) is 2.36. The molecule has 0 bridgehead atoms. The third-order valence-corrected chi connectivity index (χ3v) is 2.39. The molecular weight excluding hydrogens is 228 g/mol. The van der Waals surface area contributed by atoms with Crippen LogP contribution in [-0.4, -0.2) is 26.1 Å². The molecule has 1 aromatic carbocycles. The summed E-state index contributed by atoms with van der Waals surface area (Å²) >= 11 is 0. The van der Waals surface area contributed by atoms with Gasteiger partial charge in [0.05, 0.1) is 0 Å². The lowest BCUT2D eigenvalue weighted by molar-refractivity contribution is -0.122. The zero-order valence-electron chi connectivity index (χ0n) is 11.0. The smallest absolute Gasteiger partial charge is 0.258 e. The third-order valence-electron chi connectivity index (χ3n) is 2.39. The maximum atomic E-state index is 11.4. The highest BCUT2D eigenvalue weighted by atomic mass is 16.5. The van der Waals surface area contributed by atoms with E-state index in [0.717, 1.165) is 11.3 Å². The first kappa shape index (κ1) is 14.3. The molecule has 0 aliphatic carbocycles. The maximum absolute atomic E-state index is 11.4. The molecule has 0 aromatic heterocycles. The first-order valence-electron chi connectivity index (χ1n) is 5.92. The van der Waals surface area contributed by atoms with Crippen LogP contribution < -0.4 is 15.4 Å². The van der Waals surface area contributed by atoms with Crippen LogP contribution in [0.5, 0.6) is 5.75 Å². The van der Waals surface area contributed by atoms with Crippen LogP contribution in [0.15, 0.2) is 30.9 Å². The quantitative estimate of drug-likeness (QED) is 0.717. The first-order chi connectivity index (χ1) is 8.67. The van der Waals surface area contributed by atoms with Gasteiger partial charge in [-0.25, -0.2) is 0 Å². The minimum absolute atomic E-state index is 0.0214. The molecule has 1 rings (SSSR count). The lowest BCUT2D eigenvalue weighted by atomic mass is 10.1. The van der Waals surface area contributed by atoms with E-state index in [1.54, 1.807) is 6.08 Å². The van der Waals surface area contributed by atoms with E-state index < -0.39 is 0 Å². The second-order valence-electron chi connectivity index (χ2n) is 4.02. The summed E-state index contributed by atoms with van der Waals surface area (Å²) in [6.07, 6.45) is 1.64. The number of aryl methyl sites for hydroxylation is 1. The molecule has 1 aromatic rings. The number of hydrogen-bond donors (Lipinski definition) is 2. The van der Waals surface area contributed by atoms with Crippen molar-refractivity contribution in [1.29, 1.82) is 0 Å². The zero-order valence-corrected chi connectivity index (χ0v) is 11.0. The predicted molar refractivity (Wildman–Crippen MR) is 72.6 cm³/mol. The van der Waals surface area contributed by atoms with E-state index in [0.29, 0.717) is 13.1 Å². The standard InChI is InChI=1S/C14H20N2O2/c1-4-7-16-14(17)10-18-13-6-5-11(2)8-12(13)9-15-3/h4-6,8,15H,1,7,9-10H2,2-3H3,(H,16,17). The van der Waals surface area contributed by atoms with Gasteiger partial charge in [-0.15, -0.1) is 6.58 Å². The van der Waals surface area contributed by atoms with Gasteiger partial charge in [0.25, 0.3) is 5.91 Å². The summed E-state index contributed by atoms with van der Waals surface area (Å²) in [5.74, 6) is 0.592. The SMILES string of the molecule is C=CCNC(=O)COc1ccc(C)cc1CNC. The molecule has 98 valence electrons. The summed E-state index contributed by atoms with van der Waals surface area (Å²) in [7, 11) is 1.88. The molecule has 4 heteroatoms. The number of carbonyl (C=O) groups is 1. The summed E-state index contributed by atoms with van der Waals surface area (Å²) in [6, 6.07) is 5.91. The van der Waals surface area contributed by atoms with Crippen molar-refractivity contribution >= 4 is 5.91 Å². The van der Waals surface area contributed by atoms with Crippen molar-refractivity contribution < 1.29 is 9.53 Å². The third kappa shape index (κ3) is 4.59. The molecule has 1 amide bonds. The highest BCUT2D eigenvalue weighted by Gasteiger charge is 2.06. The van der Waals surface area contributed by atoms with Crippen LogP contribution in [0.3, 0.4) is 0 Å². The van der Waals surface area contributed by atoms with Gasteiger partial charge < -0.3 is 15.4 Å². The Morgan fingerprint density at radius 1 is 1.50 bits per heavy atom. The molecule has 0 saturated carbocycles. The fourth-order valence-electron chi connectivity index (χ4n) is 1.56. The van der Waals surface area contributed by atoms with Crippen molar-refractivity contribution in [3.63, 3.8) is 0 Å². The molecular formula is C14H20N2O2. The molecule has 0 fully saturated rings. The van der Waals surface area contributed by atoms with Crippen LogP contribution in [0.1, 0.15) is 11.1 Å². The van der Waals surface area contributed by atoms with Crippen LogP contribution in [0.2, 0.25) is 0 Å². The largest absolute Gasteiger partial charge is 0.483 e. The number of hydrogen-bond acceptors (Lipinski definition) is 3. The monoisotopic (exact) mass is 248 g/mol. The summed E-state index contributed by atoms with van der Waals surface area (Å²) in [4.78, 5) is 11.4. The number of rotatable bonds is 7. The molecule has 4 nitrogen and oxygen atoms in total. The van der Waals surface area contributed by atoms with Crippen molar-refractivity contribution in [2.45, 2.75) is 13.5 Å². The normalized spacial score (nSPS) is 9.89. The van der Waals surface area contributed by atoms with Gasteiger partial charge in [0.2, 0.25) is 0 Å². The number of nitrogens with one attached hydrogen (secondary N) is 2. The van der Waals surface area contributed by atoms with Gasteiger partial charge in [0.1, 0.15) is 5.75 Å². The van der Waals surface area contributed by atoms with Crippen LogP contribution in [0.25, 0.3) is 0 Å². The Morgan fingerprint density at radius 2 is 2.28 bits per heavy atom. The van der Waals surface area contributed by atoms with Crippen molar-refractivity contribution in [2.75, 3.05) is 20.2 Å². The summed E-state index contributed by atoms with van der Waals surface area (Å²) in [6.45, 7) is 6.76. The predicted octanol–water partition coefficient (Wildman–Crippen LogP) is 1.40. The van der Waals surface area contributed by atoms with E-state index >= 15 is 0 Å². The van der Waals surface area contributed by atoms with Gasteiger partial charge in [-0.3, -0.25) is 4.79 Å². The number of benzene rings is 1. The van der Waals surface area contributed by atoms with Crippen molar-refractivity contribution in [2.24, 2.45) is 0 Å². The molecule has 0 aliphatic heterocycles. The van der Waals surface area contributed by atoms with E-state index in [-0.39, 0.29) is 12.5 Å². The lowest BCUT2D eigenvalue weighted by Crippen LogP contribution is -2.29. The molecule has 0 heterocycles. The van der Waals surface area contributed by atoms with Crippen LogP contribution in [0.4, 0.5) is 0 Å². The van der Waals surface area contributed by atoms with E-state index in [9.17, 15) is 4.79 Å². The summed E-state index contributed by atoms with van der Waals surface area (Å²) < 4.78 is 5.52. The van der Waals surface area contributed by atoms with Gasteiger partial charge in [0, 0.05) is 18.7 Å². The molecule has 0 spiro atoms. The van der Waals surface area contributed by atoms with Crippen molar-refractivity contribution in [1.82, 2.24) is 10.6 Å². The fourth-order valence-corrected chi connectivity index (χ4v) is 1.56. The number of ether oxygens (including phenoxy) is 1. The molecule has 0 unspecified atom stereocenters. The minimum atomic E-state index is -0.147. The number of amides is 1. The van der Waals surface area contributed by atoms with E-state index in [4.69, 9.17) is 4.74 Å². The van der Waals surface area contributed by atoms with Gasteiger partial charge in [0.15, 0.2) is 6.61 Å². The summed E-state index contributed by atoms with van der Waals surface area (Å²) in [5.41, 5.74) is 2.22. The summed E-state index contributed by atoms with van der Waals surface area (Å²) in [5, 5.41) is 5.75. The lowest BCUT2D eigenvalue weighted by Gasteiger charge is -2.12. The van der Waals surface area contributed by atoms with Gasteiger partial charge in [-0.2, -0.15) is 0 Å². The van der Waals surface area contributed by atoms with Gasteiger partial charge in [-0.05, 0) is 20.0 Å². The molecule has 0 aliphatic rings. The Hall–Kier alpha value is -1.81. The molecule has 2 N–H and O–H groups in total. The van der Waals surface area contributed by atoms with E-state index in [1.807, 2.05) is 32.2 Å². The number of carbonyl (C=O) groups excluding carboxylic acids is 1. The topological polar surface area (TPSA) is 50.4 Å². The van der Waals surface area contributed by atoms with Crippen LogP contribution >= 0.6 is 0 Å². The molecule has 0 radical (unpaired) electrons. The highest BCUT2D eigenvalue weighted by Crippen LogP contribution is 2.19. The second kappa shape index (κ2) is 7.50. The Labute approximate surface area is 108 Å². The Morgan fingerprint density at radius 3 is 2.94 bits per heavy atom. The molecule has 0 atom stereocenters. The van der Waals surface area contributed by atoms with Gasteiger partial charge >= 0.3 is 0 Å². The average molecular weight is 248 g/mol.